The van der Waals surface area contributed by atoms with Gasteiger partial charge in [-0.05, 0) is 6.07 Å². The van der Waals surface area contributed by atoms with Gasteiger partial charge in [-0.1, -0.05) is 0 Å². The first kappa shape index (κ1) is 16.1. The molecule has 26 heavy (non-hydrogen) atoms. The van der Waals surface area contributed by atoms with Crippen molar-refractivity contribution in [3.05, 3.63) is 58.6 Å². The van der Waals surface area contributed by atoms with Gasteiger partial charge in [0.1, 0.15) is 12.7 Å². The van der Waals surface area contributed by atoms with Crippen molar-refractivity contribution >= 4 is 22.2 Å². The molecule has 10 nitrogen and oxygen atoms in total. The Morgan fingerprint density at radius 2 is 2.23 bits per heavy atom. The number of imidazole rings is 1. The number of carbonyl (C=O) groups excluding carboxylic acids is 1. The normalized spacial score (nSPS) is 11.1. The minimum atomic E-state index is -0.252. The molecule has 0 saturated carbocycles. The number of aromatic nitrogens is 7. The zero-order valence-electron chi connectivity index (χ0n) is 13.5. The van der Waals surface area contributed by atoms with Gasteiger partial charge >= 0.3 is 0 Å². The Balaban J connectivity index is 1.35. The van der Waals surface area contributed by atoms with Crippen LogP contribution in [0.4, 0.5) is 0 Å². The summed E-state index contributed by atoms with van der Waals surface area (Å²) in [5, 5.41) is 12.9. The van der Waals surface area contributed by atoms with Crippen LogP contribution in [0.3, 0.4) is 0 Å². The number of amides is 1. The van der Waals surface area contributed by atoms with Crippen molar-refractivity contribution in [3.63, 3.8) is 0 Å². The molecule has 0 aromatic carbocycles. The molecular formula is C15H14N8O2S. The molecule has 132 valence electrons. The van der Waals surface area contributed by atoms with E-state index in [4.69, 9.17) is 0 Å². The average molecular weight is 370 g/mol. The van der Waals surface area contributed by atoms with Gasteiger partial charge in [0.15, 0.2) is 10.8 Å². The van der Waals surface area contributed by atoms with Crippen LogP contribution < -0.4 is 10.9 Å². The number of nitrogens with one attached hydrogen (secondary N) is 1. The molecule has 0 aliphatic carbocycles. The molecule has 11 heteroatoms. The highest BCUT2D eigenvalue weighted by molar-refractivity contribution is 7.15. The summed E-state index contributed by atoms with van der Waals surface area (Å²) in [5.41, 5.74) is 0.454. The summed E-state index contributed by atoms with van der Waals surface area (Å²) < 4.78 is 4.62. The number of rotatable bonds is 6. The van der Waals surface area contributed by atoms with Gasteiger partial charge in [0, 0.05) is 30.4 Å². The Hall–Kier alpha value is -3.34. The van der Waals surface area contributed by atoms with Crippen molar-refractivity contribution in [1.29, 1.82) is 0 Å². The maximum absolute atomic E-state index is 12.1. The van der Waals surface area contributed by atoms with E-state index >= 15 is 0 Å². The van der Waals surface area contributed by atoms with Crippen LogP contribution in [-0.4, -0.2) is 46.4 Å². The molecule has 0 unspecified atom stereocenters. The van der Waals surface area contributed by atoms with Crippen molar-refractivity contribution in [2.24, 2.45) is 0 Å². The van der Waals surface area contributed by atoms with E-state index < -0.39 is 0 Å². The third-order valence-electron chi connectivity index (χ3n) is 3.64. The molecule has 0 fully saturated rings. The van der Waals surface area contributed by atoms with Gasteiger partial charge in [-0.15, -0.1) is 16.4 Å². The molecule has 0 spiro atoms. The molecular weight excluding hydrogens is 356 g/mol. The van der Waals surface area contributed by atoms with E-state index in [0.29, 0.717) is 11.5 Å². The number of thiazole rings is 1. The number of carbonyl (C=O) groups is 1. The molecule has 1 N–H and O–H groups in total. The summed E-state index contributed by atoms with van der Waals surface area (Å²) in [7, 11) is 0. The molecule has 0 radical (unpaired) electrons. The molecule has 1 amide bonds. The fourth-order valence-corrected chi connectivity index (χ4v) is 3.16. The van der Waals surface area contributed by atoms with Crippen molar-refractivity contribution < 1.29 is 4.79 Å². The van der Waals surface area contributed by atoms with Crippen molar-refractivity contribution in [2.75, 3.05) is 6.54 Å². The van der Waals surface area contributed by atoms with Crippen LogP contribution in [0.25, 0.3) is 10.8 Å². The van der Waals surface area contributed by atoms with E-state index in [9.17, 15) is 9.59 Å². The summed E-state index contributed by atoms with van der Waals surface area (Å²) in [6.45, 7) is 0.542. The van der Waals surface area contributed by atoms with Gasteiger partial charge in [-0.3, -0.25) is 14.0 Å². The first-order valence-corrected chi connectivity index (χ1v) is 8.68. The van der Waals surface area contributed by atoms with E-state index in [1.54, 1.807) is 6.07 Å². The predicted molar refractivity (Wildman–Crippen MR) is 93.2 cm³/mol. The lowest BCUT2D eigenvalue weighted by Gasteiger charge is -2.07. The molecule has 0 bridgehead atoms. The predicted octanol–water partition coefficient (Wildman–Crippen LogP) is -0.108. The van der Waals surface area contributed by atoms with Crippen LogP contribution in [0, 0.1) is 0 Å². The molecule has 0 saturated heterocycles. The highest BCUT2D eigenvalue weighted by Gasteiger charge is 2.09. The Kier molecular flexibility index (Phi) is 4.27. The Labute approximate surface area is 150 Å². The number of nitrogens with zero attached hydrogens (tertiary/aromatic N) is 7. The van der Waals surface area contributed by atoms with Crippen LogP contribution in [0.5, 0.6) is 0 Å². The summed E-state index contributed by atoms with van der Waals surface area (Å²) >= 11 is 1.51. The summed E-state index contributed by atoms with van der Waals surface area (Å²) in [5.74, 6) is 0.322. The quantitative estimate of drug-likeness (QED) is 0.507. The lowest BCUT2D eigenvalue weighted by molar-refractivity contribution is -0.120. The zero-order valence-corrected chi connectivity index (χ0v) is 14.3. The van der Waals surface area contributed by atoms with E-state index in [2.05, 4.69) is 25.5 Å². The lowest BCUT2D eigenvalue weighted by atomic mass is 10.3. The van der Waals surface area contributed by atoms with E-state index in [1.165, 1.54) is 39.4 Å². The maximum atomic E-state index is 12.1. The molecule has 4 heterocycles. The average Bonchev–Trinajstić information content (AvgIpc) is 3.33. The minimum Gasteiger partial charge on any atom is -0.354 e. The topological polar surface area (TPSA) is 112 Å². The molecule has 4 aromatic rings. The molecule has 0 aliphatic heterocycles. The second-order valence-corrected chi connectivity index (χ2v) is 6.32. The van der Waals surface area contributed by atoms with Crippen LogP contribution >= 0.6 is 11.3 Å². The fourth-order valence-electron chi connectivity index (χ4n) is 2.44. The standard InChI is InChI=1S/C15H14N8O2S/c24-13(7-11-8-21-5-6-26-15(21)19-11)17-3-4-22-14(25)2-1-12(20-22)23-10-16-9-18-23/h1-2,5-6,8-10H,3-4,7H2,(H,17,24). The zero-order chi connectivity index (χ0) is 17.9. The third kappa shape index (κ3) is 3.37. The van der Waals surface area contributed by atoms with E-state index in [-0.39, 0.29) is 31.0 Å². The fraction of sp³-hybridized carbons (Fsp3) is 0.200. The highest BCUT2D eigenvalue weighted by Crippen LogP contribution is 2.11. The van der Waals surface area contributed by atoms with E-state index in [1.807, 2.05) is 22.2 Å². The van der Waals surface area contributed by atoms with Crippen molar-refractivity contribution in [1.82, 2.24) is 39.2 Å². The molecule has 0 atom stereocenters. The second kappa shape index (κ2) is 6.88. The number of hydrogen-bond acceptors (Lipinski definition) is 7. The van der Waals surface area contributed by atoms with Gasteiger partial charge in [0.2, 0.25) is 5.91 Å². The van der Waals surface area contributed by atoms with Crippen molar-refractivity contribution in [2.45, 2.75) is 13.0 Å². The smallest absolute Gasteiger partial charge is 0.266 e. The summed E-state index contributed by atoms with van der Waals surface area (Å²) in [6, 6.07) is 2.97. The summed E-state index contributed by atoms with van der Waals surface area (Å²) in [6.07, 6.45) is 6.80. The number of hydrogen-bond donors (Lipinski definition) is 1. The van der Waals surface area contributed by atoms with Gasteiger partial charge in [0.25, 0.3) is 5.56 Å². The second-order valence-electron chi connectivity index (χ2n) is 5.44. The number of fused-ring (bicyclic) bond motifs is 1. The van der Waals surface area contributed by atoms with Crippen LogP contribution in [0.15, 0.2) is 47.4 Å². The van der Waals surface area contributed by atoms with Crippen LogP contribution in [-0.2, 0) is 17.8 Å². The largest absolute Gasteiger partial charge is 0.354 e. The minimum absolute atomic E-state index is 0.156. The Morgan fingerprint density at radius 1 is 1.31 bits per heavy atom. The highest BCUT2D eigenvalue weighted by atomic mass is 32.1. The van der Waals surface area contributed by atoms with Crippen molar-refractivity contribution in [3.8, 4) is 5.82 Å². The van der Waals surface area contributed by atoms with Gasteiger partial charge in [-0.2, -0.15) is 5.10 Å². The van der Waals surface area contributed by atoms with Gasteiger partial charge < -0.3 is 5.32 Å². The SMILES string of the molecule is O=C(Cc1cn2ccsc2n1)NCCn1nc(-n2cncn2)ccc1=O. The van der Waals surface area contributed by atoms with Crippen LogP contribution in [0.2, 0.25) is 0 Å². The Bertz CT molecular complexity index is 1070. The monoisotopic (exact) mass is 370 g/mol. The summed E-state index contributed by atoms with van der Waals surface area (Å²) in [4.78, 5) is 33.0. The van der Waals surface area contributed by atoms with Gasteiger partial charge in [0.05, 0.1) is 18.7 Å². The van der Waals surface area contributed by atoms with E-state index in [0.717, 1.165) is 4.96 Å². The van der Waals surface area contributed by atoms with Gasteiger partial charge in [-0.25, -0.2) is 19.3 Å². The Morgan fingerprint density at radius 3 is 3.04 bits per heavy atom. The maximum Gasteiger partial charge on any atom is 0.266 e. The molecule has 0 aliphatic rings. The first-order chi connectivity index (χ1) is 12.7. The lowest BCUT2D eigenvalue weighted by Crippen LogP contribution is -2.33. The van der Waals surface area contributed by atoms with Crippen LogP contribution in [0.1, 0.15) is 5.69 Å². The molecule has 4 rings (SSSR count). The molecule has 4 aromatic heterocycles. The first-order valence-electron chi connectivity index (χ1n) is 7.80. The third-order valence-corrected chi connectivity index (χ3v) is 4.41.